The maximum Gasteiger partial charge on any atom is 0.142 e. The Kier molecular flexibility index (Phi) is 4.32. The number of fused-ring (bicyclic) bond motifs is 2. The van der Waals surface area contributed by atoms with Crippen LogP contribution in [-0.2, 0) is 16.1 Å². The van der Waals surface area contributed by atoms with Crippen LogP contribution < -0.4 is 0 Å². The first-order valence-electron chi connectivity index (χ1n) is 12.3. The molecule has 0 amide bonds. The third kappa shape index (κ3) is 3.11. The fourth-order valence-corrected chi connectivity index (χ4v) is 9.41. The van der Waals surface area contributed by atoms with E-state index in [1.54, 1.807) is 0 Å². The van der Waals surface area contributed by atoms with E-state index in [0.29, 0.717) is 28.7 Å². The lowest BCUT2D eigenvalue weighted by Crippen LogP contribution is -2.61. The second kappa shape index (κ2) is 6.65. The zero-order valence-corrected chi connectivity index (χ0v) is 18.7. The van der Waals surface area contributed by atoms with E-state index in [4.69, 9.17) is 4.74 Å². The van der Waals surface area contributed by atoms with E-state index in [2.05, 4.69) is 49.1 Å². The number of benzene rings is 1. The molecule has 7 rings (SSSR count). The third-order valence-corrected chi connectivity index (χ3v) is 9.40. The van der Waals surface area contributed by atoms with Gasteiger partial charge in [0.15, 0.2) is 0 Å². The molecule has 6 aliphatic rings. The van der Waals surface area contributed by atoms with Gasteiger partial charge >= 0.3 is 0 Å². The van der Waals surface area contributed by atoms with E-state index >= 15 is 0 Å². The van der Waals surface area contributed by atoms with E-state index in [0.717, 1.165) is 38.5 Å². The Morgan fingerprint density at radius 1 is 0.967 bits per heavy atom. The minimum atomic E-state index is -0.00959. The number of ether oxygens (including phenoxy) is 1. The van der Waals surface area contributed by atoms with Crippen molar-refractivity contribution in [3.63, 3.8) is 0 Å². The van der Waals surface area contributed by atoms with E-state index < -0.39 is 0 Å². The molecular formula is C27H37NO2. The highest BCUT2D eigenvalue weighted by Gasteiger charge is 2.63. The van der Waals surface area contributed by atoms with Crippen LogP contribution >= 0.6 is 0 Å². The van der Waals surface area contributed by atoms with Crippen LogP contribution in [0.4, 0.5) is 0 Å². The number of ketones is 1. The highest BCUT2D eigenvalue weighted by Crippen LogP contribution is 2.70. The molecule has 162 valence electrons. The largest absolute Gasteiger partial charge is 0.378 e. The number of Topliss-reactive ketones (excluding diaryl/α,β-unsaturated/α-hetero) is 1. The van der Waals surface area contributed by atoms with Gasteiger partial charge in [0.05, 0.1) is 13.2 Å². The summed E-state index contributed by atoms with van der Waals surface area (Å²) in [5.41, 5.74) is 2.19. The van der Waals surface area contributed by atoms with Crippen LogP contribution in [0.5, 0.6) is 0 Å². The van der Waals surface area contributed by atoms with Crippen molar-refractivity contribution in [3.05, 3.63) is 35.9 Å². The van der Waals surface area contributed by atoms with Gasteiger partial charge in [-0.05, 0) is 73.7 Å². The SMILES string of the molecule is CC12CC3CC(C)(C1)CC(C(=O)C1CC4COCC(C1)N4Cc1ccccc1)(C3)C2. The highest BCUT2D eigenvalue weighted by molar-refractivity contribution is 5.88. The van der Waals surface area contributed by atoms with Crippen molar-refractivity contribution in [1.29, 1.82) is 0 Å². The molecule has 0 spiro atoms. The lowest BCUT2D eigenvalue weighted by atomic mass is 9.39. The normalized spacial score (nSPS) is 47.4. The summed E-state index contributed by atoms with van der Waals surface area (Å²) in [6.45, 7) is 7.55. The molecule has 3 nitrogen and oxygen atoms in total. The molecule has 30 heavy (non-hydrogen) atoms. The van der Waals surface area contributed by atoms with Crippen LogP contribution in [0.1, 0.15) is 70.8 Å². The van der Waals surface area contributed by atoms with Crippen molar-refractivity contribution in [2.45, 2.75) is 83.8 Å². The number of piperidine rings is 1. The number of carbonyl (C=O) groups is 1. The molecule has 0 radical (unpaired) electrons. The smallest absolute Gasteiger partial charge is 0.142 e. The molecule has 2 saturated heterocycles. The number of morpholine rings is 1. The van der Waals surface area contributed by atoms with E-state index in [1.807, 2.05) is 0 Å². The molecule has 1 aromatic carbocycles. The van der Waals surface area contributed by atoms with Gasteiger partial charge in [-0.3, -0.25) is 9.69 Å². The Labute approximate surface area is 181 Å². The Hall–Kier alpha value is -1.19. The molecule has 3 heteroatoms. The number of nitrogens with zero attached hydrogens (tertiary/aromatic N) is 1. The number of carbonyl (C=O) groups excluding carboxylic acids is 1. The first-order valence-corrected chi connectivity index (χ1v) is 12.3. The second-order valence-corrected chi connectivity index (χ2v) is 12.4. The lowest BCUT2D eigenvalue weighted by Gasteiger charge is -2.65. The lowest BCUT2D eigenvalue weighted by molar-refractivity contribution is -0.177. The highest BCUT2D eigenvalue weighted by atomic mass is 16.5. The van der Waals surface area contributed by atoms with E-state index in [1.165, 1.54) is 44.1 Å². The number of hydrogen-bond acceptors (Lipinski definition) is 3. The van der Waals surface area contributed by atoms with Gasteiger partial charge < -0.3 is 4.74 Å². The summed E-state index contributed by atoms with van der Waals surface area (Å²) in [6.07, 6.45) is 9.61. The molecule has 6 fully saturated rings. The average molecular weight is 408 g/mol. The van der Waals surface area contributed by atoms with Crippen molar-refractivity contribution in [2.75, 3.05) is 13.2 Å². The van der Waals surface area contributed by atoms with Gasteiger partial charge in [0.2, 0.25) is 0 Å². The van der Waals surface area contributed by atoms with Gasteiger partial charge in [-0.2, -0.15) is 0 Å². The summed E-state index contributed by atoms with van der Waals surface area (Å²) >= 11 is 0. The molecule has 2 aliphatic heterocycles. The molecule has 4 unspecified atom stereocenters. The minimum absolute atomic E-state index is 0.00959. The van der Waals surface area contributed by atoms with Crippen LogP contribution in [0.15, 0.2) is 30.3 Å². The summed E-state index contributed by atoms with van der Waals surface area (Å²) in [5, 5.41) is 0. The molecule has 4 saturated carbocycles. The fourth-order valence-electron chi connectivity index (χ4n) is 9.41. The monoisotopic (exact) mass is 407 g/mol. The van der Waals surface area contributed by atoms with Crippen molar-refractivity contribution in [2.24, 2.45) is 28.1 Å². The van der Waals surface area contributed by atoms with Crippen molar-refractivity contribution in [1.82, 2.24) is 4.90 Å². The first-order chi connectivity index (χ1) is 14.4. The second-order valence-electron chi connectivity index (χ2n) is 12.4. The first kappa shape index (κ1) is 19.5. The Morgan fingerprint density at radius 2 is 1.60 bits per heavy atom. The number of hydrogen-bond donors (Lipinski definition) is 0. The maximum absolute atomic E-state index is 14.2. The van der Waals surface area contributed by atoms with Crippen LogP contribution in [0, 0.1) is 28.1 Å². The van der Waals surface area contributed by atoms with E-state index in [-0.39, 0.29) is 11.3 Å². The Morgan fingerprint density at radius 3 is 2.20 bits per heavy atom. The molecule has 6 bridgehead atoms. The summed E-state index contributed by atoms with van der Waals surface area (Å²) < 4.78 is 5.96. The molecule has 4 atom stereocenters. The predicted octanol–water partition coefficient (Wildman–Crippen LogP) is 5.23. The topological polar surface area (TPSA) is 29.5 Å². The van der Waals surface area contributed by atoms with Crippen LogP contribution in [-0.4, -0.2) is 36.0 Å². The number of rotatable bonds is 4. The van der Waals surface area contributed by atoms with Gasteiger partial charge in [-0.1, -0.05) is 44.2 Å². The molecule has 1 aromatic rings. The van der Waals surface area contributed by atoms with Crippen molar-refractivity contribution >= 4 is 5.78 Å². The molecule has 0 aromatic heterocycles. The van der Waals surface area contributed by atoms with Crippen LogP contribution in [0.3, 0.4) is 0 Å². The zero-order chi connectivity index (χ0) is 20.6. The Bertz CT molecular complexity index is 803. The average Bonchev–Trinajstić information content (AvgIpc) is 2.65. The summed E-state index contributed by atoms with van der Waals surface area (Å²) in [4.78, 5) is 16.8. The predicted molar refractivity (Wildman–Crippen MR) is 118 cm³/mol. The summed E-state index contributed by atoms with van der Waals surface area (Å²) in [6, 6.07) is 11.6. The molecule has 0 N–H and O–H groups in total. The van der Waals surface area contributed by atoms with Crippen LogP contribution in [0.25, 0.3) is 0 Å². The quantitative estimate of drug-likeness (QED) is 0.684. The maximum atomic E-state index is 14.2. The zero-order valence-electron chi connectivity index (χ0n) is 18.7. The van der Waals surface area contributed by atoms with Gasteiger partial charge in [0.25, 0.3) is 0 Å². The third-order valence-electron chi connectivity index (χ3n) is 9.40. The molecule has 2 heterocycles. The van der Waals surface area contributed by atoms with Crippen molar-refractivity contribution in [3.8, 4) is 0 Å². The molecule has 4 aliphatic carbocycles. The minimum Gasteiger partial charge on any atom is -0.378 e. The van der Waals surface area contributed by atoms with Crippen molar-refractivity contribution < 1.29 is 9.53 Å². The van der Waals surface area contributed by atoms with Gasteiger partial charge in [0, 0.05) is 30.0 Å². The Balaban J connectivity index is 1.23. The molecular weight excluding hydrogens is 370 g/mol. The van der Waals surface area contributed by atoms with Gasteiger partial charge in [0.1, 0.15) is 5.78 Å². The summed E-state index contributed by atoms with van der Waals surface area (Å²) in [5.74, 6) is 1.70. The fraction of sp³-hybridized carbons (Fsp3) is 0.741. The van der Waals surface area contributed by atoms with Crippen LogP contribution in [0.2, 0.25) is 0 Å². The van der Waals surface area contributed by atoms with Gasteiger partial charge in [-0.25, -0.2) is 0 Å². The standard InChI is InChI=1S/C27H37NO2/c1-25-10-20-11-26(2,16-25)18-27(12-20,17-25)24(29)21-8-22-14-30-15-23(9-21)28(22)13-19-6-4-3-5-7-19/h3-7,20-23H,8-18H2,1-2H3. The van der Waals surface area contributed by atoms with Gasteiger partial charge in [-0.15, -0.1) is 0 Å². The van der Waals surface area contributed by atoms with E-state index in [9.17, 15) is 4.79 Å². The summed E-state index contributed by atoms with van der Waals surface area (Å²) in [7, 11) is 0.